The Morgan fingerprint density at radius 2 is 1.68 bits per heavy atom. The largest absolute Gasteiger partial charge is 0.497 e. The van der Waals surface area contributed by atoms with Crippen LogP contribution < -0.4 is 20.1 Å². The second-order valence-electron chi connectivity index (χ2n) is 5.83. The highest BCUT2D eigenvalue weighted by molar-refractivity contribution is 5.98. The maximum atomic E-state index is 12.1. The van der Waals surface area contributed by atoms with Crippen LogP contribution in [0.5, 0.6) is 11.5 Å². The number of methoxy groups -OCH3 is 1. The number of carbonyl (C=O) groups excluding carboxylic acids is 2. The average Bonchev–Trinajstić information content (AvgIpc) is 3.21. The zero-order chi connectivity index (χ0) is 19.8. The molecule has 3 rings (SSSR count). The molecule has 3 aromatic rings. The number of nitrogens with one attached hydrogen (secondary N) is 2. The Bertz CT molecular complexity index is 919. The van der Waals surface area contributed by atoms with E-state index in [1.807, 2.05) is 30.3 Å². The fourth-order valence-electron chi connectivity index (χ4n) is 2.38. The van der Waals surface area contributed by atoms with Crippen LogP contribution in [0.1, 0.15) is 16.3 Å². The normalized spacial score (nSPS) is 10.2. The minimum absolute atomic E-state index is 0.115. The van der Waals surface area contributed by atoms with Gasteiger partial charge < -0.3 is 24.5 Å². The van der Waals surface area contributed by atoms with Gasteiger partial charge in [0.25, 0.3) is 5.91 Å². The first kappa shape index (κ1) is 19.0. The van der Waals surface area contributed by atoms with Gasteiger partial charge in [0.15, 0.2) is 5.76 Å². The number of furan rings is 1. The van der Waals surface area contributed by atoms with Crippen molar-refractivity contribution in [3.05, 3.63) is 78.3 Å². The molecule has 2 amide bonds. The fraction of sp³-hybridized carbons (Fsp3) is 0.143. The first-order valence-electron chi connectivity index (χ1n) is 8.63. The third-order valence-electron chi connectivity index (χ3n) is 3.79. The van der Waals surface area contributed by atoms with Crippen LogP contribution in [0.4, 0.5) is 5.69 Å². The lowest BCUT2D eigenvalue weighted by atomic mass is 10.3. The van der Waals surface area contributed by atoms with Crippen molar-refractivity contribution in [2.45, 2.75) is 6.61 Å². The number of hydrogen-bond acceptors (Lipinski definition) is 5. The first-order chi connectivity index (χ1) is 13.6. The zero-order valence-electron chi connectivity index (χ0n) is 15.3. The molecule has 0 bridgehead atoms. The lowest BCUT2D eigenvalue weighted by Gasteiger charge is -2.07. The van der Waals surface area contributed by atoms with Crippen LogP contribution in [0.3, 0.4) is 0 Å². The van der Waals surface area contributed by atoms with E-state index in [1.165, 1.54) is 0 Å². The van der Waals surface area contributed by atoms with Crippen LogP contribution >= 0.6 is 0 Å². The molecule has 0 aliphatic heterocycles. The van der Waals surface area contributed by atoms with Gasteiger partial charge in [-0.3, -0.25) is 9.59 Å². The highest BCUT2D eigenvalue weighted by Crippen LogP contribution is 2.15. The van der Waals surface area contributed by atoms with Gasteiger partial charge in [-0.05, 0) is 48.5 Å². The molecular formula is C21H20N2O5. The Kier molecular flexibility index (Phi) is 6.30. The second kappa shape index (κ2) is 9.27. The number of rotatable bonds is 8. The molecule has 0 aliphatic carbocycles. The SMILES string of the molecule is COc1ccc(NC(=O)CNC(=O)c2ccc(COc3ccccc3)o2)cc1. The van der Waals surface area contributed by atoms with E-state index in [9.17, 15) is 9.59 Å². The van der Waals surface area contributed by atoms with E-state index in [0.717, 1.165) is 0 Å². The summed E-state index contributed by atoms with van der Waals surface area (Å²) in [5.74, 6) is 1.20. The van der Waals surface area contributed by atoms with Gasteiger partial charge in [-0.15, -0.1) is 0 Å². The highest BCUT2D eigenvalue weighted by Gasteiger charge is 2.13. The first-order valence-corrected chi connectivity index (χ1v) is 8.63. The van der Waals surface area contributed by atoms with Gasteiger partial charge in [-0.25, -0.2) is 0 Å². The molecule has 0 spiro atoms. The molecule has 144 valence electrons. The van der Waals surface area contributed by atoms with Crippen LogP contribution in [-0.2, 0) is 11.4 Å². The van der Waals surface area contributed by atoms with Crippen LogP contribution in [0.2, 0.25) is 0 Å². The number of para-hydroxylation sites is 1. The molecule has 0 saturated heterocycles. The highest BCUT2D eigenvalue weighted by atomic mass is 16.5. The molecule has 1 aromatic heterocycles. The molecule has 0 fully saturated rings. The van der Waals surface area contributed by atoms with Crippen LogP contribution in [0, 0.1) is 0 Å². The van der Waals surface area contributed by atoms with Gasteiger partial charge in [0.05, 0.1) is 13.7 Å². The van der Waals surface area contributed by atoms with Crippen molar-refractivity contribution < 1.29 is 23.5 Å². The zero-order valence-corrected chi connectivity index (χ0v) is 15.3. The van der Waals surface area contributed by atoms with E-state index in [-0.39, 0.29) is 24.8 Å². The van der Waals surface area contributed by atoms with E-state index in [2.05, 4.69) is 10.6 Å². The molecule has 0 radical (unpaired) electrons. The Morgan fingerprint density at radius 3 is 2.39 bits per heavy atom. The van der Waals surface area contributed by atoms with E-state index < -0.39 is 5.91 Å². The summed E-state index contributed by atoms with van der Waals surface area (Å²) in [6.07, 6.45) is 0. The van der Waals surface area contributed by atoms with Crippen molar-refractivity contribution in [2.75, 3.05) is 19.0 Å². The van der Waals surface area contributed by atoms with Crippen molar-refractivity contribution in [1.29, 1.82) is 0 Å². The second-order valence-corrected chi connectivity index (χ2v) is 5.83. The van der Waals surface area contributed by atoms with E-state index in [0.29, 0.717) is 22.9 Å². The van der Waals surface area contributed by atoms with Gasteiger partial charge in [-0.2, -0.15) is 0 Å². The quantitative estimate of drug-likeness (QED) is 0.626. The van der Waals surface area contributed by atoms with Gasteiger partial charge in [0.1, 0.15) is 23.9 Å². The maximum Gasteiger partial charge on any atom is 0.287 e. The fourth-order valence-corrected chi connectivity index (χ4v) is 2.38. The molecule has 7 heteroatoms. The number of ether oxygens (including phenoxy) is 2. The topological polar surface area (TPSA) is 89.8 Å². The van der Waals surface area contributed by atoms with Gasteiger partial charge in [0, 0.05) is 5.69 Å². The van der Waals surface area contributed by atoms with Crippen molar-refractivity contribution >= 4 is 17.5 Å². The summed E-state index contributed by atoms with van der Waals surface area (Å²) in [7, 11) is 1.57. The third kappa shape index (κ3) is 5.38. The standard InChI is InChI=1S/C21H20N2O5/c1-26-16-9-7-15(8-10-16)23-20(24)13-22-21(25)19-12-11-18(28-19)14-27-17-5-3-2-4-6-17/h2-12H,13-14H2,1H3,(H,22,25)(H,23,24). The van der Waals surface area contributed by atoms with Crippen molar-refractivity contribution in [3.8, 4) is 11.5 Å². The number of amides is 2. The van der Waals surface area contributed by atoms with Gasteiger partial charge in [0.2, 0.25) is 5.91 Å². The lowest BCUT2D eigenvalue weighted by molar-refractivity contribution is -0.115. The molecule has 2 N–H and O–H groups in total. The predicted molar refractivity (Wildman–Crippen MR) is 103 cm³/mol. The summed E-state index contributed by atoms with van der Waals surface area (Å²) in [5.41, 5.74) is 0.610. The Hall–Kier alpha value is -3.74. The summed E-state index contributed by atoms with van der Waals surface area (Å²) >= 11 is 0. The van der Waals surface area contributed by atoms with Crippen molar-refractivity contribution in [1.82, 2.24) is 5.32 Å². The number of anilines is 1. The number of hydrogen-bond donors (Lipinski definition) is 2. The molecule has 1 heterocycles. The molecule has 0 saturated carbocycles. The Morgan fingerprint density at radius 1 is 0.929 bits per heavy atom. The molecule has 7 nitrogen and oxygen atoms in total. The lowest BCUT2D eigenvalue weighted by Crippen LogP contribution is -2.32. The molecular weight excluding hydrogens is 360 g/mol. The molecule has 0 aliphatic rings. The Labute approximate surface area is 162 Å². The summed E-state index contributed by atoms with van der Waals surface area (Å²) in [6.45, 7) is 0.0245. The summed E-state index contributed by atoms with van der Waals surface area (Å²) < 4.78 is 16.1. The molecule has 0 atom stereocenters. The summed E-state index contributed by atoms with van der Waals surface area (Å²) in [5, 5.41) is 5.20. The van der Waals surface area contributed by atoms with E-state index in [1.54, 1.807) is 43.5 Å². The minimum Gasteiger partial charge on any atom is -0.497 e. The molecule has 0 unspecified atom stereocenters. The summed E-state index contributed by atoms with van der Waals surface area (Å²) in [4.78, 5) is 24.1. The monoisotopic (exact) mass is 380 g/mol. The molecule has 28 heavy (non-hydrogen) atoms. The van der Waals surface area contributed by atoms with Crippen LogP contribution in [0.15, 0.2) is 71.1 Å². The smallest absolute Gasteiger partial charge is 0.287 e. The van der Waals surface area contributed by atoms with Crippen LogP contribution in [0.25, 0.3) is 0 Å². The van der Waals surface area contributed by atoms with E-state index >= 15 is 0 Å². The minimum atomic E-state index is -0.476. The summed E-state index contributed by atoms with van der Waals surface area (Å²) in [6, 6.07) is 19.4. The average molecular weight is 380 g/mol. The van der Waals surface area contributed by atoms with Crippen molar-refractivity contribution in [2.24, 2.45) is 0 Å². The van der Waals surface area contributed by atoms with Gasteiger partial charge in [-0.1, -0.05) is 18.2 Å². The van der Waals surface area contributed by atoms with E-state index in [4.69, 9.17) is 13.9 Å². The predicted octanol–water partition coefficient (Wildman–Crippen LogP) is 3.24. The Balaban J connectivity index is 1.45. The van der Waals surface area contributed by atoms with Crippen molar-refractivity contribution in [3.63, 3.8) is 0 Å². The maximum absolute atomic E-state index is 12.1. The third-order valence-corrected chi connectivity index (χ3v) is 3.79. The van der Waals surface area contributed by atoms with Gasteiger partial charge >= 0.3 is 0 Å². The number of benzene rings is 2. The molecule has 2 aromatic carbocycles. The number of carbonyl (C=O) groups is 2. The van der Waals surface area contributed by atoms with Crippen LogP contribution in [-0.4, -0.2) is 25.5 Å².